The molecule has 0 N–H and O–H groups in total. The van der Waals surface area contributed by atoms with Gasteiger partial charge in [-0.1, -0.05) is 13.8 Å². The van der Waals surface area contributed by atoms with Crippen LogP contribution in [0.15, 0.2) is 65.6 Å². The van der Waals surface area contributed by atoms with Crippen LogP contribution in [-0.2, 0) is 16.4 Å². The molecule has 39 heavy (non-hydrogen) atoms. The zero-order valence-electron chi connectivity index (χ0n) is 22.5. The lowest BCUT2D eigenvalue weighted by Crippen LogP contribution is -2.42. The van der Waals surface area contributed by atoms with Gasteiger partial charge >= 0.3 is 0 Å². The minimum absolute atomic E-state index is 0.119. The van der Waals surface area contributed by atoms with Crippen LogP contribution in [-0.4, -0.2) is 64.0 Å². The molecule has 0 saturated heterocycles. The summed E-state index contributed by atoms with van der Waals surface area (Å²) < 4.78 is 57.5. The number of ether oxygens (including phenoxy) is 3. The minimum Gasteiger partial charge on any atom is -0.493 e. The topological polar surface area (TPSA) is 85.4 Å². The molecule has 0 aromatic heterocycles. The van der Waals surface area contributed by atoms with E-state index in [1.165, 1.54) is 40.7 Å². The Labute approximate surface area is 229 Å². The highest BCUT2D eigenvalue weighted by atomic mass is 32.2. The fraction of sp³-hybridized carbons (Fsp3) is 0.345. The molecule has 0 aliphatic carbocycles. The van der Waals surface area contributed by atoms with Crippen molar-refractivity contribution in [2.75, 3.05) is 40.5 Å². The lowest BCUT2D eigenvalue weighted by Gasteiger charge is -2.37. The van der Waals surface area contributed by atoms with Crippen LogP contribution in [0.4, 0.5) is 4.39 Å². The van der Waals surface area contributed by atoms with Crippen molar-refractivity contribution in [3.05, 3.63) is 83.2 Å². The normalized spacial score (nSPS) is 15.1. The highest BCUT2D eigenvalue weighted by molar-refractivity contribution is 7.89. The molecule has 208 valence electrons. The summed E-state index contributed by atoms with van der Waals surface area (Å²) in [6, 6.07) is 15.0. The Morgan fingerprint density at radius 1 is 0.974 bits per heavy atom. The van der Waals surface area contributed by atoms with Gasteiger partial charge in [0, 0.05) is 25.2 Å². The first-order chi connectivity index (χ1) is 18.7. The quantitative estimate of drug-likeness (QED) is 0.360. The molecule has 0 saturated carbocycles. The number of sulfonamides is 1. The Kier molecular flexibility index (Phi) is 8.76. The lowest BCUT2D eigenvalue weighted by molar-refractivity contribution is 0.0589. The Bertz CT molecular complexity index is 1410. The molecule has 1 unspecified atom stereocenters. The Balaban J connectivity index is 1.66. The number of rotatable bonds is 10. The molecule has 1 heterocycles. The van der Waals surface area contributed by atoms with Crippen LogP contribution in [0.25, 0.3) is 0 Å². The van der Waals surface area contributed by atoms with Gasteiger partial charge in [-0.2, -0.15) is 4.31 Å². The predicted molar refractivity (Wildman–Crippen MR) is 145 cm³/mol. The van der Waals surface area contributed by atoms with E-state index in [1.54, 1.807) is 45.1 Å². The van der Waals surface area contributed by atoms with E-state index in [1.807, 2.05) is 12.1 Å². The maximum atomic E-state index is 13.8. The van der Waals surface area contributed by atoms with Gasteiger partial charge in [0.05, 0.1) is 25.2 Å². The van der Waals surface area contributed by atoms with Crippen LogP contribution in [0.3, 0.4) is 0 Å². The lowest BCUT2D eigenvalue weighted by atomic mass is 9.91. The first-order valence-corrected chi connectivity index (χ1v) is 14.2. The van der Waals surface area contributed by atoms with Crippen molar-refractivity contribution in [2.45, 2.75) is 31.2 Å². The molecule has 4 rings (SSSR count). The van der Waals surface area contributed by atoms with Crippen molar-refractivity contribution in [2.24, 2.45) is 0 Å². The molecule has 1 aliphatic heterocycles. The number of hydrogen-bond donors (Lipinski definition) is 0. The number of methoxy groups -OCH3 is 2. The average Bonchev–Trinajstić information content (AvgIpc) is 2.96. The van der Waals surface area contributed by atoms with E-state index in [-0.39, 0.29) is 23.2 Å². The van der Waals surface area contributed by atoms with Crippen LogP contribution in [0.5, 0.6) is 17.2 Å². The molecule has 1 aliphatic rings. The van der Waals surface area contributed by atoms with Gasteiger partial charge < -0.3 is 19.1 Å². The van der Waals surface area contributed by atoms with Crippen LogP contribution in [0, 0.1) is 5.82 Å². The Hall–Kier alpha value is -3.63. The summed E-state index contributed by atoms with van der Waals surface area (Å²) in [5, 5.41) is 0. The zero-order chi connectivity index (χ0) is 28.2. The molecule has 0 fully saturated rings. The van der Waals surface area contributed by atoms with E-state index < -0.39 is 16.1 Å². The van der Waals surface area contributed by atoms with Crippen molar-refractivity contribution in [3.63, 3.8) is 0 Å². The number of nitrogens with zero attached hydrogens (tertiary/aromatic N) is 2. The third-order valence-corrected chi connectivity index (χ3v) is 8.99. The van der Waals surface area contributed by atoms with Gasteiger partial charge in [-0.25, -0.2) is 12.8 Å². The summed E-state index contributed by atoms with van der Waals surface area (Å²) >= 11 is 0. The minimum atomic E-state index is -3.64. The number of amides is 1. The highest BCUT2D eigenvalue weighted by Gasteiger charge is 2.34. The van der Waals surface area contributed by atoms with E-state index in [0.717, 1.165) is 11.1 Å². The maximum absolute atomic E-state index is 13.8. The van der Waals surface area contributed by atoms with Crippen LogP contribution in [0.2, 0.25) is 0 Å². The molecular weight excluding hydrogens is 523 g/mol. The number of hydrogen-bond acceptors (Lipinski definition) is 6. The zero-order valence-corrected chi connectivity index (χ0v) is 23.3. The Morgan fingerprint density at radius 3 is 2.18 bits per heavy atom. The SMILES string of the molecule is CCN(CC)S(=O)(=O)c1ccc(C(=O)N2CCc3cc(OC)c(OC)cc3C2COc2ccc(F)cc2)cc1. The number of fused-ring (bicyclic) bond motifs is 1. The first-order valence-electron chi connectivity index (χ1n) is 12.8. The van der Waals surface area contributed by atoms with Gasteiger partial charge in [0.2, 0.25) is 10.0 Å². The second-order valence-electron chi connectivity index (χ2n) is 9.05. The predicted octanol–water partition coefficient (Wildman–Crippen LogP) is 4.69. The van der Waals surface area contributed by atoms with Gasteiger partial charge in [0.25, 0.3) is 5.91 Å². The molecule has 3 aromatic rings. The van der Waals surface area contributed by atoms with Crippen LogP contribution in [0.1, 0.15) is 41.4 Å². The van der Waals surface area contributed by atoms with Crippen molar-refractivity contribution < 1.29 is 31.8 Å². The monoisotopic (exact) mass is 556 g/mol. The first kappa shape index (κ1) is 28.4. The number of halogens is 1. The molecule has 8 nitrogen and oxygen atoms in total. The molecule has 3 aromatic carbocycles. The molecule has 1 atom stereocenters. The van der Waals surface area contributed by atoms with Crippen molar-refractivity contribution in [3.8, 4) is 17.2 Å². The second kappa shape index (κ2) is 12.0. The van der Waals surface area contributed by atoms with Gasteiger partial charge in [-0.3, -0.25) is 4.79 Å². The molecule has 0 bridgehead atoms. The van der Waals surface area contributed by atoms with E-state index in [2.05, 4.69) is 0 Å². The third kappa shape index (κ3) is 5.86. The van der Waals surface area contributed by atoms with Gasteiger partial charge in [0.1, 0.15) is 18.2 Å². The van der Waals surface area contributed by atoms with Crippen molar-refractivity contribution in [1.82, 2.24) is 9.21 Å². The fourth-order valence-electron chi connectivity index (χ4n) is 4.80. The van der Waals surface area contributed by atoms with Crippen LogP contribution < -0.4 is 14.2 Å². The molecular formula is C29H33FN2O6S. The molecule has 1 amide bonds. The van der Waals surface area contributed by atoms with Crippen LogP contribution >= 0.6 is 0 Å². The highest BCUT2D eigenvalue weighted by Crippen LogP contribution is 2.39. The number of carbonyl (C=O) groups excluding carboxylic acids is 1. The Morgan fingerprint density at radius 2 is 1.59 bits per heavy atom. The van der Waals surface area contributed by atoms with Crippen molar-refractivity contribution in [1.29, 1.82) is 0 Å². The average molecular weight is 557 g/mol. The summed E-state index contributed by atoms with van der Waals surface area (Å²) in [5.74, 6) is 0.977. The number of carbonyl (C=O) groups is 1. The van der Waals surface area contributed by atoms with Gasteiger partial charge in [-0.05, 0) is 78.2 Å². The van der Waals surface area contributed by atoms with Crippen molar-refractivity contribution >= 4 is 15.9 Å². The summed E-state index contributed by atoms with van der Waals surface area (Å²) in [7, 11) is -0.519. The van der Waals surface area contributed by atoms with E-state index in [9.17, 15) is 17.6 Å². The fourth-order valence-corrected chi connectivity index (χ4v) is 6.26. The summed E-state index contributed by atoms with van der Waals surface area (Å²) in [6.07, 6.45) is 0.586. The van der Waals surface area contributed by atoms with E-state index in [0.29, 0.717) is 48.9 Å². The van der Waals surface area contributed by atoms with Gasteiger partial charge in [-0.15, -0.1) is 0 Å². The maximum Gasteiger partial charge on any atom is 0.254 e. The second-order valence-corrected chi connectivity index (χ2v) is 11.0. The van der Waals surface area contributed by atoms with Gasteiger partial charge in [0.15, 0.2) is 11.5 Å². The van der Waals surface area contributed by atoms with E-state index >= 15 is 0 Å². The molecule has 0 radical (unpaired) electrons. The third-order valence-electron chi connectivity index (χ3n) is 6.93. The molecule has 10 heteroatoms. The smallest absolute Gasteiger partial charge is 0.254 e. The standard InChI is InChI=1S/C29H33FN2O6S/c1-5-31(6-2)39(34,35)24-13-7-20(8-14-24)29(33)32-16-15-21-17-27(36-3)28(37-4)18-25(21)26(32)19-38-23-11-9-22(30)10-12-23/h7-14,17-18,26H,5-6,15-16,19H2,1-4H3. The van der Waals surface area contributed by atoms with E-state index in [4.69, 9.17) is 14.2 Å². The largest absolute Gasteiger partial charge is 0.493 e. The molecule has 0 spiro atoms. The summed E-state index contributed by atoms with van der Waals surface area (Å²) in [4.78, 5) is 15.6. The number of benzene rings is 3. The summed E-state index contributed by atoms with van der Waals surface area (Å²) in [6.45, 7) is 4.82. The summed E-state index contributed by atoms with van der Waals surface area (Å²) in [5.41, 5.74) is 2.23.